The average molecular weight is 427 g/mol. The first-order valence-corrected chi connectivity index (χ1v) is 11.1. The van der Waals surface area contributed by atoms with Gasteiger partial charge in [0.05, 0.1) is 23.6 Å². The molecule has 2 aliphatic rings. The van der Waals surface area contributed by atoms with E-state index in [1.54, 1.807) is 18.6 Å². The van der Waals surface area contributed by atoms with E-state index in [0.29, 0.717) is 5.56 Å². The number of rotatable bonds is 5. The average Bonchev–Trinajstić information content (AvgIpc) is 3.26. The highest BCUT2D eigenvalue weighted by Crippen LogP contribution is 2.43. The van der Waals surface area contributed by atoms with Gasteiger partial charge in [0.15, 0.2) is 0 Å². The van der Waals surface area contributed by atoms with E-state index >= 15 is 0 Å². The van der Waals surface area contributed by atoms with E-state index in [2.05, 4.69) is 57.7 Å². The van der Waals surface area contributed by atoms with Gasteiger partial charge in [-0.2, -0.15) is 0 Å². The van der Waals surface area contributed by atoms with Gasteiger partial charge >= 0.3 is 0 Å². The lowest BCUT2D eigenvalue weighted by atomic mass is 9.76. The standard InChI is InChI=1S/C26H26N4O2/c1-17-4-6-19(7-5-17)20-12-21(23-15-26(32-30-23)8-3-9-26)14-22(13-20)25(31)29-18(2)24-16-27-10-11-28-24/h4-7,10-14,16,18H,3,8-9,15H2,1-2H3,(H,29,31)/t18-/m1/s1. The van der Waals surface area contributed by atoms with Gasteiger partial charge in [0.2, 0.25) is 0 Å². The summed E-state index contributed by atoms with van der Waals surface area (Å²) in [5.74, 6) is -0.156. The number of hydrogen-bond donors (Lipinski definition) is 1. The number of hydrogen-bond acceptors (Lipinski definition) is 5. The summed E-state index contributed by atoms with van der Waals surface area (Å²) in [7, 11) is 0. The van der Waals surface area contributed by atoms with Crippen molar-refractivity contribution in [2.24, 2.45) is 5.16 Å². The summed E-state index contributed by atoms with van der Waals surface area (Å²) < 4.78 is 0. The zero-order valence-corrected chi connectivity index (χ0v) is 18.3. The quantitative estimate of drug-likeness (QED) is 0.624. The molecule has 32 heavy (non-hydrogen) atoms. The fourth-order valence-electron chi connectivity index (χ4n) is 4.24. The molecular formula is C26H26N4O2. The molecule has 6 heteroatoms. The van der Waals surface area contributed by atoms with Crippen molar-refractivity contribution in [3.05, 3.63) is 83.4 Å². The van der Waals surface area contributed by atoms with Crippen LogP contribution in [-0.4, -0.2) is 27.2 Å². The molecule has 6 nitrogen and oxygen atoms in total. The number of aryl methyl sites for hydroxylation is 1. The fourth-order valence-corrected chi connectivity index (χ4v) is 4.24. The SMILES string of the molecule is Cc1ccc(-c2cc(C(=O)N[C@H](C)c3cnccn3)cc(C3=NOC4(CCC4)C3)c2)cc1. The highest BCUT2D eigenvalue weighted by atomic mass is 16.7. The molecule has 1 atom stereocenters. The number of nitrogens with one attached hydrogen (secondary N) is 1. The smallest absolute Gasteiger partial charge is 0.251 e. The maximum atomic E-state index is 13.2. The van der Waals surface area contributed by atoms with Crippen LogP contribution in [0.15, 0.2) is 66.2 Å². The molecule has 1 fully saturated rings. The maximum Gasteiger partial charge on any atom is 0.251 e. The molecule has 1 spiro atoms. The van der Waals surface area contributed by atoms with Crippen molar-refractivity contribution in [1.82, 2.24) is 15.3 Å². The predicted molar refractivity (Wildman–Crippen MR) is 123 cm³/mol. The summed E-state index contributed by atoms with van der Waals surface area (Å²) in [4.78, 5) is 27.4. The van der Waals surface area contributed by atoms with Gasteiger partial charge in [-0.1, -0.05) is 35.0 Å². The van der Waals surface area contributed by atoms with Crippen molar-refractivity contribution in [3.8, 4) is 11.1 Å². The molecule has 1 aromatic heterocycles. The van der Waals surface area contributed by atoms with E-state index < -0.39 is 0 Å². The van der Waals surface area contributed by atoms with Gasteiger partial charge in [0, 0.05) is 29.9 Å². The molecule has 1 aliphatic carbocycles. The van der Waals surface area contributed by atoms with Crippen molar-refractivity contribution in [1.29, 1.82) is 0 Å². The van der Waals surface area contributed by atoms with Gasteiger partial charge in [-0.25, -0.2) is 0 Å². The predicted octanol–water partition coefficient (Wildman–Crippen LogP) is 4.99. The first-order chi connectivity index (χ1) is 15.5. The Hall–Kier alpha value is -3.54. The van der Waals surface area contributed by atoms with E-state index in [1.807, 2.05) is 19.1 Å². The molecule has 0 radical (unpaired) electrons. The molecule has 1 saturated carbocycles. The van der Waals surface area contributed by atoms with Gasteiger partial charge in [-0.15, -0.1) is 0 Å². The van der Waals surface area contributed by atoms with Crippen LogP contribution in [0.1, 0.15) is 65.8 Å². The van der Waals surface area contributed by atoms with Crippen molar-refractivity contribution in [3.63, 3.8) is 0 Å². The topological polar surface area (TPSA) is 76.5 Å². The van der Waals surface area contributed by atoms with Crippen molar-refractivity contribution in [2.45, 2.75) is 51.2 Å². The molecule has 0 saturated heterocycles. The van der Waals surface area contributed by atoms with Gasteiger partial charge in [0.25, 0.3) is 5.91 Å². The van der Waals surface area contributed by atoms with Crippen LogP contribution in [0.25, 0.3) is 11.1 Å². The van der Waals surface area contributed by atoms with E-state index in [4.69, 9.17) is 4.84 Å². The first-order valence-electron chi connectivity index (χ1n) is 11.1. The highest BCUT2D eigenvalue weighted by molar-refractivity contribution is 6.05. The Bertz CT molecular complexity index is 1170. The normalized spacial score (nSPS) is 17.2. The molecule has 5 rings (SSSR count). The maximum absolute atomic E-state index is 13.2. The second-order valence-electron chi connectivity index (χ2n) is 8.83. The summed E-state index contributed by atoms with van der Waals surface area (Å²) in [5.41, 5.74) is 6.27. The molecule has 1 amide bonds. The zero-order chi connectivity index (χ0) is 22.1. The lowest BCUT2D eigenvalue weighted by molar-refractivity contribution is -0.0755. The Labute approximate surface area is 187 Å². The van der Waals surface area contributed by atoms with Crippen LogP contribution in [0.5, 0.6) is 0 Å². The van der Waals surface area contributed by atoms with E-state index in [9.17, 15) is 4.79 Å². The number of aromatic nitrogens is 2. The Balaban J connectivity index is 1.47. The van der Waals surface area contributed by atoms with Crippen molar-refractivity contribution < 1.29 is 9.63 Å². The van der Waals surface area contributed by atoms with Crippen LogP contribution in [-0.2, 0) is 4.84 Å². The number of carbonyl (C=O) groups is 1. The molecule has 1 aliphatic heterocycles. The lowest BCUT2D eigenvalue weighted by Gasteiger charge is -2.34. The van der Waals surface area contributed by atoms with E-state index in [0.717, 1.165) is 47.4 Å². The Morgan fingerprint density at radius 3 is 2.50 bits per heavy atom. The molecular weight excluding hydrogens is 400 g/mol. The van der Waals surface area contributed by atoms with Crippen LogP contribution >= 0.6 is 0 Å². The summed E-state index contributed by atoms with van der Waals surface area (Å²) in [6, 6.07) is 14.0. The van der Waals surface area contributed by atoms with Crippen LogP contribution < -0.4 is 5.32 Å². The second kappa shape index (κ2) is 8.19. The second-order valence-corrected chi connectivity index (χ2v) is 8.83. The van der Waals surface area contributed by atoms with Gasteiger partial charge in [-0.3, -0.25) is 14.8 Å². The third-order valence-corrected chi connectivity index (χ3v) is 6.39. The molecule has 0 bridgehead atoms. The van der Waals surface area contributed by atoms with Gasteiger partial charge in [0.1, 0.15) is 5.60 Å². The number of nitrogens with zero attached hydrogens (tertiary/aromatic N) is 3. The highest BCUT2D eigenvalue weighted by Gasteiger charge is 2.45. The molecule has 3 aromatic rings. The monoisotopic (exact) mass is 426 g/mol. The minimum absolute atomic E-state index is 0.127. The summed E-state index contributed by atoms with van der Waals surface area (Å²) in [6.45, 7) is 3.97. The lowest BCUT2D eigenvalue weighted by Crippen LogP contribution is -2.36. The molecule has 0 unspecified atom stereocenters. The number of benzene rings is 2. The third kappa shape index (κ3) is 4.00. The number of oxime groups is 1. The van der Waals surface area contributed by atoms with Crippen LogP contribution in [0, 0.1) is 6.92 Å². The minimum atomic E-state index is -0.256. The number of amides is 1. The zero-order valence-electron chi connectivity index (χ0n) is 18.3. The van der Waals surface area contributed by atoms with Gasteiger partial charge in [-0.05, 0) is 62.4 Å². The summed E-state index contributed by atoms with van der Waals surface area (Å²) >= 11 is 0. The Morgan fingerprint density at radius 2 is 1.84 bits per heavy atom. The Morgan fingerprint density at radius 1 is 1.06 bits per heavy atom. The third-order valence-electron chi connectivity index (χ3n) is 6.39. The molecule has 1 N–H and O–H groups in total. The van der Waals surface area contributed by atoms with Gasteiger partial charge < -0.3 is 10.2 Å². The molecule has 2 aromatic carbocycles. The van der Waals surface area contributed by atoms with Crippen LogP contribution in [0.3, 0.4) is 0 Å². The fraction of sp³-hybridized carbons (Fsp3) is 0.308. The van der Waals surface area contributed by atoms with Crippen molar-refractivity contribution in [2.75, 3.05) is 0 Å². The van der Waals surface area contributed by atoms with Crippen molar-refractivity contribution >= 4 is 11.6 Å². The minimum Gasteiger partial charge on any atom is -0.389 e. The molecule has 2 heterocycles. The summed E-state index contributed by atoms with van der Waals surface area (Å²) in [5, 5.41) is 7.45. The van der Waals surface area contributed by atoms with Crippen LogP contribution in [0.2, 0.25) is 0 Å². The first kappa shape index (κ1) is 20.4. The number of carbonyl (C=O) groups excluding carboxylic acids is 1. The van der Waals surface area contributed by atoms with E-state index in [-0.39, 0.29) is 17.6 Å². The Kier molecular flexibility index (Phi) is 5.21. The van der Waals surface area contributed by atoms with Crippen LogP contribution in [0.4, 0.5) is 0 Å². The van der Waals surface area contributed by atoms with E-state index in [1.165, 1.54) is 12.0 Å². The molecule has 162 valence electrons. The summed E-state index contributed by atoms with van der Waals surface area (Å²) in [6.07, 6.45) is 8.97. The largest absolute Gasteiger partial charge is 0.389 e.